The molecular weight excluding hydrogens is 424 g/mol. The van der Waals surface area contributed by atoms with Gasteiger partial charge >= 0.3 is 0 Å². The molecule has 0 radical (unpaired) electrons. The highest BCUT2D eigenvalue weighted by Crippen LogP contribution is 2.68. The molecule has 4 aliphatic rings. The van der Waals surface area contributed by atoms with Gasteiger partial charge in [-0.25, -0.2) is 0 Å². The van der Waals surface area contributed by atoms with Crippen LogP contribution in [-0.2, 0) is 9.59 Å². The number of hydrogen-bond acceptors (Lipinski definition) is 4. The predicted octanol–water partition coefficient (Wildman–Crippen LogP) is 5.95. The minimum atomic E-state index is -0.984. The normalized spacial score (nSPS) is 41.0. The Morgan fingerprint density at radius 2 is 1.71 bits per heavy atom. The van der Waals surface area contributed by atoms with Crippen LogP contribution >= 0.6 is 0 Å². The number of aliphatic hydroxyl groups is 2. The summed E-state index contributed by atoms with van der Waals surface area (Å²) in [6.45, 7) is 15.9. The van der Waals surface area contributed by atoms with E-state index in [2.05, 4.69) is 20.8 Å². The van der Waals surface area contributed by atoms with Gasteiger partial charge in [0.25, 0.3) is 0 Å². The van der Waals surface area contributed by atoms with Gasteiger partial charge in [-0.15, -0.1) is 0 Å². The van der Waals surface area contributed by atoms with Gasteiger partial charge in [-0.3, -0.25) is 9.59 Å². The lowest BCUT2D eigenvalue weighted by molar-refractivity contribution is -0.187. The Morgan fingerprint density at radius 1 is 1.06 bits per heavy atom. The van der Waals surface area contributed by atoms with Crippen molar-refractivity contribution in [2.45, 2.75) is 118 Å². The van der Waals surface area contributed by atoms with Crippen LogP contribution in [0, 0.1) is 34.0 Å². The number of allylic oxidation sites excluding steroid dienone is 2. The van der Waals surface area contributed by atoms with E-state index < -0.39 is 16.6 Å². The smallest absolute Gasteiger partial charge is 0.158 e. The van der Waals surface area contributed by atoms with Crippen molar-refractivity contribution in [3.63, 3.8) is 0 Å². The van der Waals surface area contributed by atoms with Gasteiger partial charge in [0.05, 0.1) is 16.6 Å². The Kier molecular flexibility index (Phi) is 5.98. The van der Waals surface area contributed by atoms with Gasteiger partial charge in [-0.1, -0.05) is 45.8 Å². The lowest BCUT2D eigenvalue weighted by atomic mass is 9.44. The highest BCUT2D eigenvalue weighted by atomic mass is 16.3. The lowest BCUT2D eigenvalue weighted by Gasteiger charge is -2.62. The van der Waals surface area contributed by atoms with Crippen molar-refractivity contribution >= 4 is 11.6 Å². The highest BCUT2D eigenvalue weighted by molar-refractivity contribution is 5.92. The Morgan fingerprint density at radius 3 is 2.32 bits per heavy atom. The third-order valence-corrected chi connectivity index (χ3v) is 11.4. The Hall–Kier alpha value is -1.26. The molecule has 6 unspecified atom stereocenters. The molecule has 0 amide bonds. The van der Waals surface area contributed by atoms with Crippen molar-refractivity contribution in [2.75, 3.05) is 0 Å². The molecule has 0 aromatic heterocycles. The lowest BCUT2D eigenvalue weighted by Crippen LogP contribution is -2.65. The number of hydrogen-bond donors (Lipinski definition) is 2. The first-order valence-corrected chi connectivity index (χ1v) is 13.4. The van der Waals surface area contributed by atoms with E-state index in [0.717, 1.165) is 38.5 Å². The second-order valence-electron chi connectivity index (χ2n) is 13.6. The topological polar surface area (TPSA) is 74.6 Å². The summed E-state index contributed by atoms with van der Waals surface area (Å²) in [5, 5.41) is 22.3. The minimum Gasteiger partial charge on any atom is -0.388 e. The van der Waals surface area contributed by atoms with Crippen molar-refractivity contribution in [2.24, 2.45) is 34.0 Å². The zero-order valence-electron chi connectivity index (χ0n) is 22.7. The summed E-state index contributed by atoms with van der Waals surface area (Å²) in [5.41, 5.74) is 0.739. The number of rotatable bonds is 4. The Bertz CT molecular complexity index is 963. The zero-order chi connectivity index (χ0) is 25.5. The number of Topliss-reactive ketones (excluding diaryl/α,β-unsaturated/α-hetero) is 1. The zero-order valence-corrected chi connectivity index (χ0v) is 22.7. The van der Waals surface area contributed by atoms with Crippen molar-refractivity contribution in [1.29, 1.82) is 0 Å². The average Bonchev–Trinajstić information content (AvgIpc) is 3.09. The van der Waals surface area contributed by atoms with Crippen molar-refractivity contribution in [3.8, 4) is 0 Å². The molecule has 4 heteroatoms. The van der Waals surface area contributed by atoms with Gasteiger partial charge in [-0.05, 0) is 94.6 Å². The standard InChI is InChI=1S/C30H46O4/c1-18(27(5,6)33)17-24(31)19(2)21-9-10-22-20-11-16-30(34)26(3,4)25(32)13-15-29(30,8)23(20)12-14-28(21,22)7/h17,19,21-22,33-34H,9-16H2,1-8H3/b18-17+. The molecular formula is C30H46O4. The quantitative estimate of drug-likeness (QED) is 0.393. The molecule has 0 spiro atoms. The summed E-state index contributed by atoms with van der Waals surface area (Å²) in [4.78, 5) is 26.0. The molecule has 6 atom stereocenters. The molecule has 4 aliphatic carbocycles. The molecule has 190 valence electrons. The molecule has 34 heavy (non-hydrogen) atoms. The van der Waals surface area contributed by atoms with Gasteiger partial charge in [0.15, 0.2) is 5.78 Å². The molecule has 0 aromatic carbocycles. The van der Waals surface area contributed by atoms with Crippen LogP contribution in [0.5, 0.6) is 0 Å². The van der Waals surface area contributed by atoms with E-state index in [1.54, 1.807) is 19.9 Å². The van der Waals surface area contributed by atoms with E-state index in [1.165, 1.54) is 11.1 Å². The fourth-order valence-corrected chi connectivity index (χ4v) is 8.57. The second-order valence-corrected chi connectivity index (χ2v) is 13.6. The van der Waals surface area contributed by atoms with Crippen molar-refractivity contribution in [3.05, 3.63) is 22.8 Å². The van der Waals surface area contributed by atoms with Crippen LogP contribution in [0.1, 0.15) is 107 Å². The van der Waals surface area contributed by atoms with Gasteiger partial charge in [0.1, 0.15) is 5.78 Å². The highest BCUT2D eigenvalue weighted by Gasteiger charge is 2.66. The molecule has 0 aromatic rings. The summed E-state index contributed by atoms with van der Waals surface area (Å²) in [7, 11) is 0. The fourth-order valence-electron chi connectivity index (χ4n) is 8.57. The molecule has 2 saturated carbocycles. The van der Waals surface area contributed by atoms with Crippen LogP contribution in [0.25, 0.3) is 0 Å². The van der Waals surface area contributed by atoms with Crippen LogP contribution in [0.2, 0.25) is 0 Å². The van der Waals surface area contributed by atoms with Crippen LogP contribution in [0.15, 0.2) is 22.8 Å². The summed E-state index contributed by atoms with van der Waals surface area (Å²) in [6.07, 6.45) is 8.62. The number of carbonyl (C=O) groups excluding carboxylic acids is 2. The minimum absolute atomic E-state index is 0.0724. The molecule has 2 N–H and O–H groups in total. The monoisotopic (exact) mass is 470 g/mol. The molecule has 0 saturated heterocycles. The Labute approximate surface area is 206 Å². The first kappa shape index (κ1) is 25.8. The van der Waals surface area contributed by atoms with Crippen LogP contribution in [-0.4, -0.2) is 33.0 Å². The van der Waals surface area contributed by atoms with Crippen molar-refractivity contribution in [1.82, 2.24) is 0 Å². The molecule has 0 aliphatic heterocycles. The van der Waals surface area contributed by atoms with E-state index in [-0.39, 0.29) is 28.3 Å². The van der Waals surface area contributed by atoms with Crippen LogP contribution in [0.4, 0.5) is 0 Å². The summed E-state index contributed by atoms with van der Waals surface area (Å²) in [5.74, 6) is 1.03. The largest absolute Gasteiger partial charge is 0.388 e. The summed E-state index contributed by atoms with van der Waals surface area (Å²) >= 11 is 0. The van der Waals surface area contributed by atoms with Crippen molar-refractivity contribution < 1.29 is 19.8 Å². The summed E-state index contributed by atoms with van der Waals surface area (Å²) < 4.78 is 0. The number of ketones is 2. The molecule has 0 heterocycles. The number of fused-ring (bicyclic) bond motifs is 4. The molecule has 2 fully saturated rings. The van der Waals surface area contributed by atoms with E-state index in [9.17, 15) is 19.8 Å². The van der Waals surface area contributed by atoms with Gasteiger partial charge in [0.2, 0.25) is 0 Å². The second kappa shape index (κ2) is 7.87. The summed E-state index contributed by atoms with van der Waals surface area (Å²) in [6, 6.07) is 0. The fraction of sp³-hybridized carbons (Fsp3) is 0.800. The van der Waals surface area contributed by atoms with Gasteiger partial charge in [-0.2, -0.15) is 0 Å². The first-order chi connectivity index (χ1) is 15.5. The SMILES string of the molecule is C/C(=C\C(=O)C(C)C1CCC2C3=C(CCC21C)C1(C)CCC(=O)C(C)(C)C1(O)CC3)C(C)(C)O. The third kappa shape index (κ3) is 3.38. The van der Waals surface area contributed by atoms with Gasteiger partial charge < -0.3 is 10.2 Å². The maximum atomic E-state index is 13.2. The molecule has 0 bridgehead atoms. The van der Waals surface area contributed by atoms with E-state index in [0.29, 0.717) is 30.3 Å². The van der Waals surface area contributed by atoms with E-state index >= 15 is 0 Å². The molecule has 4 rings (SSSR count). The van der Waals surface area contributed by atoms with Crippen LogP contribution < -0.4 is 0 Å². The average molecular weight is 471 g/mol. The molecule has 4 nitrogen and oxygen atoms in total. The van der Waals surface area contributed by atoms with E-state index in [4.69, 9.17) is 0 Å². The number of carbonyl (C=O) groups is 2. The Balaban J connectivity index is 1.66. The maximum Gasteiger partial charge on any atom is 0.158 e. The van der Waals surface area contributed by atoms with Gasteiger partial charge in [0, 0.05) is 17.8 Å². The third-order valence-electron chi connectivity index (χ3n) is 11.4. The first-order valence-electron chi connectivity index (χ1n) is 13.4. The predicted molar refractivity (Wildman–Crippen MR) is 135 cm³/mol. The van der Waals surface area contributed by atoms with Crippen LogP contribution in [0.3, 0.4) is 0 Å². The maximum absolute atomic E-state index is 13.2. The van der Waals surface area contributed by atoms with E-state index in [1.807, 2.05) is 20.8 Å².